The first-order valence-corrected chi connectivity index (χ1v) is 6.48. The molecule has 0 aromatic heterocycles. The van der Waals surface area contributed by atoms with E-state index in [9.17, 15) is 5.11 Å². The Balaban J connectivity index is 2.09. The minimum Gasteiger partial charge on any atom is -0.393 e. The molecule has 2 nitrogen and oxygen atoms in total. The zero-order valence-corrected chi connectivity index (χ0v) is 9.18. The highest BCUT2D eigenvalue weighted by Gasteiger charge is 2.21. The summed E-state index contributed by atoms with van der Waals surface area (Å²) in [5.41, 5.74) is 0. The van der Waals surface area contributed by atoms with Gasteiger partial charge in [-0.15, -0.1) is 0 Å². The molecule has 0 amide bonds. The third-order valence-corrected chi connectivity index (χ3v) is 3.36. The second kappa shape index (κ2) is 6.68. The standard InChI is InChI=1S/C10H20O2S/c1-13-8-2-3-10(11)9-4-6-12-7-5-9/h9-11H,2-8H2,1H3. The lowest BCUT2D eigenvalue weighted by molar-refractivity contribution is 0.00489. The molecule has 1 rings (SSSR count). The summed E-state index contributed by atoms with van der Waals surface area (Å²) in [6, 6.07) is 0. The minimum absolute atomic E-state index is 0.0870. The highest BCUT2D eigenvalue weighted by molar-refractivity contribution is 7.98. The Morgan fingerprint density at radius 3 is 2.77 bits per heavy atom. The second-order valence-corrected chi connectivity index (χ2v) is 4.64. The maximum absolute atomic E-state index is 9.84. The van der Waals surface area contributed by atoms with Crippen LogP contribution in [0.3, 0.4) is 0 Å². The summed E-state index contributed by atoms with van der Waals surface area (Å²) in [5.74, 6) is 1.66. The van der Waals surface area contributed by atoms with Crippen LogP contribution in [-0.2, 0) is 4.74 Å². The lowest BCUT2D eigenvalue weighted by Crippen LogP contribution is -2.27. The summed E-state index contributed by atoms with van der Waals surface area (Å²) < 4.78 is 5.26. The maximum Gasteiger partial charge on any atom is 0.0570 e. The van der Waals surface area contributed by atoms with Gasteiger partial charge >= 0.3 is 0 Å². The van der Waals surface area contributed by atoms with Crippen molar-refractivity contribution < 1.29 is 9.84 Å². The van der Waals surface area contributed by atoms with Crippen molar-refractivity contribution in [3.63, 3.8) is 0 Å². The number of rotatable bonds is 5. The molecule has 0 aromatic rings. The van der Waals surface area contributed by atoms with E-state index in [1.807, 2.05) is 11.8 Å². The van der Waals surface area contributed by atoms with Gasteiger partial charge in [0.25, 0.3) is 0 Å². The van der Waals surface area contributed by atoms with E-state index in [-0.39, 0.29) is 6.10 Å². The number of aliphatic hydroxyl groups excluding tert-OH is 1. The Labute approximate surface area is 85.0 Å². The van der Waals surface area contributed by atoms with Crippen LogP contribution in [0.15, 0.2) is 0 Å². The molecule has 0 aliphatic carbocycles. The monoisotopic (exact) mass is 204 g/mol. The van der Waals surface area contributed by atoms with Crippen LogP contribution in [0.5, 0.6) is 0 Å². The predicted molar refractivity (Wildman–Crippen MR) is 57.2 cm³/mol. The van der Waals surface area contributed by atoms with Crippen LogP contribution < -0.4 is 0 Å². The largest absolute Gasteiger partial charge is 0.393 e. The average Bonchev–Trinajstić information content (AvgIpc) is 2.19. The number of ether oxygens (including phenoxy) is 1. The highest BCUT2D eigenvalue weighted by atomic mass is 32.2. The predicted octanol–water partition coefficient (Wildman–Crippen LogP) is 1.92. The van der Waals surface area contributed by atoms with Gasteiger partial charge in [0.2, 0.25) is 0 Å². The van der Waals surface area contributed by atoms with Crippen LogP contribution >= 0.6 is 11.8 Å². The van der Waals surface area contributed by atoms with Crippen LogP contribution in [0.1, 0.15) is 25.7 Å². The third kappa shape index (κ3) is 4.34. The molecule has 3 heteroatoms. The Kier molecular flexibility index (Phi) is 5.83. The molecule has 0 spiro atoms. The molecular weight excluding hydrogens is 184 g/mol. The number of aliphatic hydroxyl groups is 1. The fourth-order valence-corrected chi connectivity index (χ4v) is 2.23. The molecule has 78 valence electrons. The van der Waals surface area contributed by atoms with Gasteiger partial charge < -0.3 is 9.84 Å². The quantitative estimate of drug-likeness (QED) is 0.694. The Morgan fingerprint density at radius 2 is 2.15 bits per heavy atom. The van der Waals surface area contributed by atoms with Gasteiger partial charge in [0.1, 0.15) is 0 Å². The van der Waals surface area contributed by atoms with Crippen molar-refractivity contribution in [2.75, 3.05) is 25.2 Å². The Hall–Kier alpha value is 0.270. The van der Waals surface area contributed by atoms with Crippen molar-refractivity contribution in [3.8, 4) is 0 Å². The molecule has 0 radical (unpaired) electrons. The number of thioether (sulfide) groups is 1. The molecule has 1 unspecified atom stereocenters. The van der Waals surface area contributed by atoms with E-state index in [4.69, 9.17) is 4.74 Å². The van der Waals surface area contributed by atoms with Gasteiger partial charge in [0, 0.05) is 13.2 Å². The first kappa shape index (κ1) is 11.3. The molecule has 1 heterocycles. The van der Waals surface area contributed by atoms with Gasteiger partial charge in [-0.05, 0) is 43.6 Å². The van der Waals surface area contributed by atoms with E-state index in [0.29, 0.717) is 5.92 Å². The smallest absolute Gasteiger partial charge is 0.0570 e. The SMILES string of the molecule is CSCCCC(O)C1CCOCC1. The van der Waals surface area contributed by atoms with E-state index in [0.717, 1.165) is 38.9 Å². The van der Waals surface area contributed by atoms with Crippen molar-refractivity contribution in [1.82, 2.24) is 0 Å². The zero-order valence-electron chi connectivity index (χ0n) is 8.37. The molecule has 1 saturated heterocycles. The first-order valence-electron chi connectivity index (χ1n) is 5.09. The van der Waals surface area contributed by atoms with Crippen molar-refractivity contribution >= 4 is 11.8 Å². The second-order valence-electron chi connectivity index (χ2n) is 3.65. The summed E-state index contributed by atoms with van der Waals surface area (Å²) in [7, 11) is 0. The molecule has 0 saturated carbocycles. The van der Waals surface area contributed by atoms with Gasteiger partial charge in [-0.25, -0.2) is 0 Å². The van der Waals surface area contributed by atoms with E-state index in [1.165, 1.54) is 5.75 Å². The minimum atomic E-state index is -0.0870. The topological polar surface area (TPSA) is 29.5 Å². The molecule has 0 bridgehead atoms. The Morgan fingerprint density at radius 1 is 1.46 bits per heavy atom. The molecule has 1 N–H and O–H groups in total. The van der Waals surface area contributed by atoms with E-state index >= 15 is 0 Å². The molecule has 0 aromatic carbocycles. The van der Waals surface area contributed by atoms with Gasteiger partial charge in [-0.3, -0.25) is 0 Å². The summed E-state index contributed by atoms with van der Waals surface area (Å²) in [6.07, 6.45) is 6.21. The van der Waals surface area contributed by atoms with Crippen LogP contribution in [0.25, 0.3) is 0 Å². The van der Waals surface area contributed by atoms with Crippen molar-refractivity contribution in [2.45, 2.75) is 31.8 Å². The molecule has 13 heavy (non-hydrogen) atoms. The fourth-order valence-electron chi connectivity index (χ4n) is 1.77. The molecule has 1 fully saturated rings. The highest BCUT2D eigenvalue weighted by Crippen LogP contribution is 2.21. The van der Waals surface area contributed by atoms with Gasteiger partial charge in [0.15, 0.2) is 0 Å². The number of hydrogen-bond donors (Lipinski definition) is 1. The zero-order chi connectivity index (χ0) is 9.52. The van der Waals surface area contributed by atoms with Gasteiger partial charge in [-0.2, -0.15) is 11.8 Å². The normalized spacial score (nSPS) is 21.7. The average molecular weight is 204 g/mol. The van der Waals surface area contributed by atoms with Crippen molar-refractivity contribution in [1.29, 1.82) is 0 Å². The summed E-state index contributed by atoms with van der Waals surface area (Å²) in [6.45, 7) is 1.68. The maximum atomic E-state index is 9.84. The van der Waals surface area contributed by atoms with Gasteiger partial charge in [0.05, 0.1) is 6.10 Å². The summed E-state index contributed by atoms with van der Waals surface area (Å²) >= 11 is 1.85. The fraction of sp³-hybridized carbons (Fsp3) is 1.00. The van der Waals surface area contributed by atoms with E-state index in [1.54, 1.807) is 0 Å². The molecule has 1 aliphatic rings. The lowest BCUT2D eigenvalue weighted by Gasteiger charge is -2.26. The molecule has 1 aliphatic heterocycles. The summed E-state index contributed by atoms with van der Waals surface area (Å²) in [4.78, 5) is 0. The molecule has 1 atom stereocenters. The number of hydrogen-bond acceptors (Lipinski definition) is 3. The Bertz CT molecular complexity index is 124. The first-order chi connectivity index (χ1) is 6.34. The van der Waals surface area contributed by atoms with Gasteiger partial charge in [-0.1, -0.05) is 0 Å². The van der Waals surface area contributed by atoms with E-state index < -0.39 is 0 Å². The van der Waals surface area contributed by atoms with Crippen LogP contribution in [0.4, 0.5) is 0 Å². The summed E-state index contributed by atoms with van der Waals surface area (Å²) in [5, 5.41) is 9.84. The van der Waals surface area contributed by atoms with Crippen LogP contribution in [0, 0.1) is 5.92 Å². The van der Waals surface area contributed by atoms with Crippen molar-refractivity contribution in [3.05, 3.63) is 0 Å². The molecular formula is C10H20O2S. The lowest BCUT2D eigenvalue weighted by atomic mass is 9.91. The van der Waals surface area contributed by atoms with E-state index in [2.05, 4.69) is 6.26 Å². The van der Waals surface area contributed by atoms with Crippen LogP contribution in [0.2, 0.25) is 0 Å². The third-order valence-electron chi connectivity index (χ3n) is 2.66. The van der Waals surface area contributed by atoms with Crippen molar-refractivity contribution in [2.24, 2.45) is 5.92 Å². The van der Waals surface area contributed by atoms with Crippen LogP contribution in [-0.4, -0.2) is 36.4 Å².